The molecule has 6 heteroatoms. The number of Topliss-reactive ketones (excluding diaryl/α,β-unsaturated/α-hetero) is 1. The number of ether oxygens (including phenoxy) is 1. The van der Waals surface area contributed by atoms with Gasteiger partial charge in [-0.1, -0.05) is 23.2 Å². The number of carbonyl (C=O) groups excluding carboxylic acids is 1. The van der Waals surface area contributed by atoms with Gasteiger partial charge in [0.15, 0.2) is 6.61 Å². The van der Waals surface area contributed by atoms with Crippen molar-refractivity contribution in [1.29, 1.82) is 0 Å². The number of rotatable bonds is 4. The molecule has 0 fully saturated rings. The Morgan fingerprint density at radius 3 is 2.67 bits per heavy atom. The second-order valence-electron chi connectivity index (χ2n) is 3.39. The Labute approximate surface area is 117 Å². The van der Waals surface area contributed by atoms with Crippen molar-refractivity contribution in [3.63, 3.8) is 0 Å². The zero-order valence-electron chi connectivity index (χ0n) is 8.95. The molecule has 0 radical (unpaired) electrons. The van der Waals surface area contributed by atoms with Gasteiger partial charge in [0.05, 0.1) is 14.2 Å². The first-order valence-corrected chi connectivity index (χ1v) is 6.50. The van der Waals surface area contributed by atoms with E-state index in [0.717, 1.165) is 6.07 Å². The van der Waals surface area contributed by atoms with E-state index in [1.807, 2.05) is 0 Å². The molecule has 0 aliphatic carbocycles. The van der Waals surface area contributed by atoms with Crippen LogP contribution in [0.1, 0.15) is 9.67 Å². The van der Waals surface area contributed by atoms with Crippen molar-refractivity contribution < 1.29 is 13.9 Å². The lowest BCUT2D eigenvalue weighted by Gasteiger charge is -2.05. The summed E-state index contributed by atoms with van der Waals surface area (Å²) in [5.41, 5.74) is 0. The largest absolute Gasteiger partial charge is 0.485 e. The van der Waals surface area contributed by atoms with Gasteiger partial charge in [-0.05, 0) is 24.3 Å². The van der Waals surface area contributed by atoms with Gasteiger partial charge >= 0.3 is 0 Å². The Kier molecular flexibility index (Phi) is 4.22. The molecule has 2 rings (SSSR count). The first kappa shape index (κ1) is 13.3. The molecular weight excluding hydrogens is 298 g/mol. The summed E-state index contributed by atoms with van der Waals surface area (Å²) in [5.74, 6) is -0.532. The number of thiophene rings is 1. The molecule has 18 heavy (non-hydrogen) atoms. The van der Waals surface area contributed by atoms with E-state index >= 15 is 0 Å². The van der Waals surface area contributed by atoms with Crippen molar-refractivity contribution in [2.45, 2.75) is 0 Å². The molecule has 0 aliphatic heterocycles. The van der Waals surface area contributed by atoms with Crippen molar-refractivity contribution in [3.8, 4) is 5.75 Å². The van der Waals surface area contributed by atoms with Gasteiger partial charge in [-0.25, -0.2) is 4.39 Å². The van der Waals surface area contributed by atoms with Crippen molar-refractivity contribution in [3.05, 3.63) is 50.4 Å². The Bertz CT molecular complexity index is 583. The van der Waals surface area contributed by atoms with Crippen molar-refractivity contribution in [2.75, 3.05) is 6.61 Å². The molecule has 1 aromatic carbocycles. The Balaban J connectivity index is 1.99. The molecule has 1 aromatic heterocycles. The van der Waals surface area contributed by atoms with Gasteiger partial charge in [-0.3, -0.25) is 4.79 Å². The third-order valence-corrected chi connectivity index (χ3v) is 3.69. The fourth-order valence-corrected chi connectivity index (χ4v) is 2.34. The van der Waals surface area contributed by atoms with E-state index in [4.69, 9.17) is 27.9 Å². The number of benzene rings is 1. The molecule has 1 heterocycles. The van der Waals surface area contributed by atoms with E-state index in [0.29, 0.717) is 9.21 Å². The molecule has 0 spiro atoms. The number of hydrogen-bond acceptors (Lipinski definition) is 3. The van der Waals surface area contributed by atoms with E-state index in [1.54, 1.807) is 12.1 Å². The predicted molar refractivity (Wildman–Crippen MR) is 70.6 cm³/mol. The molecule has 2 aromatic rings. The van der Waals surface area contributed by atoms with E-state index < -0.39 is 5.82 Å². The van der Waals surface area contributed by atoms with Gasteiger partial charge in [-0.15, -0.1) is 11.3 Å². The maximum atomic E-state index is 13.1. The first-order chi connectivity index (χ1) is 8.56. The molecule has 2 nitrogen and oxygen atoms in total. The first-order valence-electron chi connectivity index (χ1n) is 4.92. The minimum atomic E-state index is -0.583. The van der Waals surface area contributed by atoms with Gasteiger partial charge in [0.25, 0.3) is 0 Å². The topological polar surface area (TPSA) is 26.3 Å². The average Bonchev–Trinajstić information content (AvgIpc) is 2.77. The molecule has 0 amide bonds. The van der Waals surface area contributed by atoms with E-state index in [2.05, 4.69) is 0 Å². The number of carbonyl (C=O) groups is 1. The quantitative estimate of drug-likeness (QED) is 0.780. The minimum absolute atomic E-state index is 0.0127. The molecule has 0 aliphatic rings. The van der Waals surface area contributed by atoms with Crippen LogP contribution >= 0.6 is 34.5 Å². The van der Waals surface area contributed by atoms with Gasteiger partial charge in [0.1, 0.15) is 11.6 Å². The zero-order valence-corrected chi connectivity index (χ0v) is 11.3. The minimum Gasteiger partial charge on any atom is -0.485 e. The number of hydrogen-bond donors (Lipinski definition) is 0. The van der Waals surface area contributed by atoms with Crippen LogP contribution in [0.5, 0.6) is 5.75 Å². The zero-order chi connectivity index (χ0) is 13.1. The highest BCUT2D eigenvalue weighted by Gasteiger charge is 2.10. The lowest BCUT2D eigenvalue weighted by Crippen LogP contribution is -2.10. The van der Waals surface area contributed by atoms with E-state index in [1.165, 1.54) is 23.5 Å². The molecule has 0 saturated carbocycles. The standard InChI is InChI=1S/C12H7Cl2FO2S/c13-8-2-1-7(5-9(8)15)17-6-10(16)11-3-4-12(14)18-11/h1-5H,6H2. The fraction of sp³-hybridized carbons (Fsp3) is 0.0833. The van der Waals surface area contributed by atoms with E-state index in [-0.39, 0.29) is 23.2 Å². The summed E-state index contributed by atoms with van der Waals surface area (Å²) in [4.78, 5) is 12.2. The Hall–Kier alpha value is -1.10. The molecule has 0 unspecified atom stereocenters. The predicted octanol–water partition coefficient (Wildman–Crippen LogP) is 4.46. The van der Waals surface area contributed by atoms with Crippen LogP contribution in [0.15, 0.2) is 30.3 Å². The SMILES string of the molecule is O=C(COc1ccc(Cl)c(F)c1)c1ccc(Cl)s1. The smallest absolute Gasteiger partial charge is 0.210 e. The van der Waals surface area contributed by atoms with Gasteiger partial charge < -0.3 is 4.74 Å². The third kappa shape index (κ3) is 3.22. The molecule has 0 atom stereocenters. The third-order valence-electron chi connectivity index (χ3n) is 2.11. The summed E-state index contributed by atoms with van der Waals surface area (Å²) < 4.78 is 18.8. The van der Waals surface area contributed by atoms with Gasteiger partial charge in [0, 0.05) is 6.07 Å². The fourth-order valence-electron chi connectivity index (χ4n) is 1.25. The second-order valence-corrected chi connectivity index (χ2v) is 5.51. The number of ketones is 1. The molecule has 0 bridgehead atoms. The van der Waals surface area contributed by atoms with Gasteiger partial charge in [0.2, 0.25) is 5.78 Å². The van der Waals surface area contributed by atoms with Crippen molar-refractivity contribution in [1.82, 2.24) is 0 Å². The highest BCUT2D eigenvalue weighted by atomic mass is 35.5. The van der Waals surface area contributed by atoms with Crippen LogP contribution < -0.4 is 4.74 Å². The number of halogens is 3. The average molecular weight is 305 g/mol. The van der Waals surface area contributed by atoms with Crippen LogP contribution in [0.2, 0.25) is 9.36 Å². The van der Waals surface area contributed by atoms with Crippen LogP contribution in [-0.2, 0) is 0 Å². The van der Waals surface area contributed by atoms with Crippen LogP contribution in [0.4, 0.5) is 4.39 Å². The normalized spacial score (nSPS) is 10.4. The lowest BCUT2D eigenvalue weighted by molar-refractivity contribution is 0.0925. The molecule has 0 saturated heterocycles. The van der Waals surface area contributed by atoms with Crippen molar-refractivity contribution in [2.24, 2.45) is 0 Å². The van der Waals surface area contributed by atoms with E-state index in [9.17, 15) is 9.18 Å². The van der Waals surface area contributed by atoms with Gasteiger partial charge in [-0.2, -0.15) is 0 Å². The van der Waals surface area contributed by atoms with Crippen LogP contribution in [0.25, 0.3) is 0 Å². The summed E-state index contributed by atoms with van der Waals surface area (Å²) in [6.07, 6.45) is 0. The Morgan fingerprint density at radius 1 is 1.28 bits per heavy atom. The monoisotopic (exact) mass is 304 g/mol. The maximum absolute atomic E-state index is 13.1. The highest BCUT2D eigenvalue weighted by Crippen LogP contribution is 2.23. The van der Waals surface area contributed by atoms with Crippen LogP contribution in [0.3, 0.4) is 0 Å². The van der Waals surface area contributed by atoms with Crippen LogP contribution in [0, 0.1) is 5.82 Å². The summed E-state index contributed by atoms with van der Waals surface area (Å²) in [7, 11) is 0. The Morgan fingerprint density at radius 2 is 2.06 bits per heavy atom. The highest BCUT2D eigenvalue weighted by molar-refractivity contribution is 7.18. The second kappa shape index (κ2) is 5.69. The lowest BCUT2D eigenvalue weighted by atomic mass is 10.3. The van der Waals surface area contributed by atoms with Crippen LogP contribution in [-0.4, -0.2) is 12.4 Å². The summed E-state index contributed by atoms with van der Waals surface area (Å²) in [5, 5.41) is 0.0127. The van der Waals surface area contributed by atoms with Crippen molar-refractivity contribution >= 4 is 40.3 Å². The molecule has 0 N–H and O–H groups in total. The maximum Gasteiger partial charge on any atom is 0.210 e. The summed E-state index contributed by atoms with van der Waals surface area (Å²) >= 11 is 12.4. The molecule has 94 valence electrons. The molecular formula is C12H7Cl2FO2S. The summed E-state index contributed by atoms with van der Waals surface area (Å²) in [6.45, 7) is -0.169. The summed E-state index contributed by atoms with van der Waals surface area (Å²) in [6, 6.07) is 7.28.